The van der Waals surface area contributed by atoms with E-state index in [9.17, 15) is 12.8 Å². The first-order valence-electron chi connectivity index (χ1n) is 9.62. The predicted octanol–water partition coefficient (Wildman–Crippen LogP) is 2.17. The van der Waals surface area contributed by atoms with Crippen molar-refractivity contribution in [2.24, 2.45) is 4.99 Å². The monoisotopic (exact) mass is 418 g/mol. The Morgan fingerprint density at radius 3 is 2.31 bits per heavy atom. The van der Waals surface area contributed by atoms with Crippen LogP contribution in [0.5, 0.6) is 0 Å². The summed E-state index contributed by atoms with van der Waals surface area (Å²) >= 11 is 0. The van der Waals surface area contributed by atoms with Gasteiger partial charge in [-0.25, -0.2) is 12.8 Å². The third-order valence-electron chi connectivity index (χ3n) is 5.03. The summed E-state index contributed by atoms with van der Waals surface area (Å²) in [5, 5.41) is 3.36. The third kappa shape index (κ3) is 5.47. The minimum atomic E-state index is -3.17. The molecule has 29 heavy (non-hydrogen) atoms. The van der Waals surface area contributed by atoms with Crippen LogP contribution < -0.4 is 10.2 Å². The number of halogens is 1. The Morgan fingerprint density at radius 2 is 1.72 bits per heavy atom. The van der Waals surface area contributed by atoms with Gasteiger partial charge in [0.1, 0.15) is 5.82 Å². The molecule has 1 N–H and O–H groups in total. The number of guanidine groups is 1. The molecule has 0 bridgehead atoms. The molecule has 1 heterocycles. The van der Waals surface area contributed by atoms with Gasteiger partial charge in [0.05, 0.1) is 10.6 Å². The quantitative estimate of drug-likeness (QED) is 0.596. The van der Waals surface area contributed by atoms with Crippen molar-refractivity contribution in [1.82, 2.24) is 10.2 Å². The fourth-order valence-corrected chi connectivity index (χ4v) is 4.05. The number of rotatable bonds is 5. The number of sulfone groups is 1. The molecule has 0 spiro atoms. The number of para-hydroxylation sites is 1. The lowest BCUT2D eigenvalue weighted by atomic mass is 10.1. The highest BCUT2D eigenvalue weighted by Crippen LogP contribution is 2.20. The minimum Gasteiger partial charge on any atom is -0.366 e. The highest BCUT2D eigenvalue weighted by atomic mass is 32.2. The molecule has 1 saturated heterocycles. The van der Waals surface area contributed by atoms with Crippen molar-refractivity contribution in [3.05, 3.63) is 59.9 Å². The maximum Gasteiger partial charge on any atom is 0.193 e. The van der Waals surface area contributed by atoms with Gasteiger partial charge in [0.25, 0.3) is 0 Å². The summed E-state index contributed by atoms with van der Waals surface area (Å²) in [6, 6.07) is 13.8. The normalized spacial score (nSPS) is 15.5. The molecule has 8 heteroatoms. The highest BCUT2D eigenvalue weighted by Gasteiger charge is 2.21. The fourth-order valence-electron chi connectivity index (χ4n) is 3.42. The highest BCUT2D eigenvalue weighted by molar-refractivity contribution is 7.90. The molecule has 0 unspecified atom stereocenters. The first-order valence-corrected chi connectivity index (χ1v) is 11.5. The van der Waals surface area contributed by atoms with E-state index in [-0.39, 0.29) is 5.82 Å². The number of nitrogens with zero attached hydrogens (tertiary/aromatic N) is 3. The average Bonchev–Trinajstić information content (AvgIpc) is 2.72. The Kier molecular flexibility index (Phi) is 6.74. The van der Waals surface area contributed by atoms with Gasteiger partial charge in [-0.3, -0.25) is 4.99 Å². The van der Waals surface area contributed by atoms with Gasteiger partial charge in [-0.2, -0.15) is 0 Å². The molecule has 2 aromatic rings. The summed E-state index contributed by atoms with van der Waals surface area (Å²) < 4.78 is 37.1. The molecular formula is C21H27FN4O2S. The van der Waals surface area contributed by atoms with Crippen molar-refractivity contribution < 1.29 is 12.8 Å². The van der Waals surface area contributed by atoms with Gasteiger partial charge in [0.2, 0.25) is 0 Å². The van der Waals surface area contributed by atoms with E-state index >= 15 is 0 Å². The Balaban J connectivity index is 1.49. The summed E-state index contributed by atoms with van der Waals surface area (Å²) in [5.41, 5.74) is 1.71. The van der Waals surface area contributed by atoms with Gasteiger partial charge < -0.3 is 15.1 Å². The first-order chi connectivity index (χ1) is 13.9. The van der Waals surface area contributed by atoms with Crippen LogP contribution in [0.1, 0.15) is 5.56 Å². The molecule has 2 aromatic carbocycles. The van der Waals surface area contributed by atoms with Crippen molar-refractivity contribution in [2.45, 2.75) is 11.3 Å². The van der Waals surface area contributed by atoms with E-state index < -0.39 is 9.84 Å². The van der Waals surface area contributed by atoms with Gasteiger partial charge in [0, 0.05) is 46.0 Å². The summed E-state index contributed by atoms with van der Waals surface area (Å²) in [4.78, 5) is 8.92. The van der Waals surface area contributed by atoms with Crippen molar-refractivity contribution in [3.8, 4) is 0 Å². The Bertz CT molecular complexity index is 953. The molecule has 0 aromatic heterocycles. The number of piperazine rings is 1. The zero-order valence-corrected chi connectivity index (χ0v) is 17.6. The van der Waals surface area contributed by atoms with Gasteiger partial charge >= 0.3 is 0 Å². The Morgan fingerprint density at radius 1 is 1.07 bits per heavy atom. The summed E-state index contributed by atoms with van der Waals surface area (Å²) in [7, 11) is -1.41. The molecule has 3 rings (SSSR count). The third-order valence-corrected chi connectivity index (χ3v) is 6.16. The second kappa shape index (κ2) is 9.26. The van der Waals surface area contributed by atoms with Crippen LogP contribution in [0.25, 0.3) is 0 Å². The number of nitrogens with one attached hydrogen (secondary N) is 1. The molecule has 0 aliphatic carbocycles. The molecule has 0 amide bonds. The van der Waals surface area contributed by atoms with Crippen LogP contribution in [-0.2, 0) is 16.3 Å². The predicted molar refractivity (Wildman–Crippen MR) is 115 cm³/mol. The molecule has 1 fully saturated rings. The smallest absolute Gasteiger partial charge is 0.193 e. The first kappa shape index (κ1) is 21.1. The van der Waals surface area contributed by atoms with Crippen molar-refractivity contribution in [1.29, 1.82) is 0 Å². The number of hydrogen-bond donors (Lipinski definition) is 1. The lowest BCUT2D eigenvalue weighted by Crippen LogP contribution is -2.53. The van der Waals surface area contributed by atoms with Crippen LogP contribution in [0.3, 0.4) is 0 Å². The lowest BCUT2D eigenvalue weighted by molar-refractivity contribution is 0.371. The van der Waals surface area contributed by atoms with Crippen molar-refractivity contribution >= 4 is 21.5 Å². The molecular weight excluding hydrogens is 391 g/mol. The number of anilines is 1. The van der Waals surface area contributed by atoms with E-state index in [2.05, 4.69) is 20.1 Å². The molecule has 0 radical (unpaired) electrons. The SMILES string of the molecule is CN=C(NCCc1ccc(S(C)(=O)=O)cc1)N1CCN(c2ccccc2F)CC1. The molecule has 0 atom stereocenters. The van der Waals surface area contributed by atoms with E-state index in [0.717, 1.165) is 44.1 Å². The molecule has 1 aliphatic rings. The van der Waals surface area contributed by atoms with E-state index in [1.807, 2.05) is 24.3 Å². The van der Waals surface area contributed by atoms with E-state index in [0.29, 0.717) is 17.1 Å². The topological polar surface area (TPSA) is 65.0 Å². The van der Waals surface area contributed by atoms with E-state index in [1.165, 1.54) is 12.3 Å². The summed E-state index contributed by atoms with van der Waals surface area (Å²) in [6.07, 6.45) is 1.97. The largest absolute Gasteiger partial charge is 0.366 e. The number of hydrogen-bond acceptors (Lipinski definition) is 4. The van der Waals surface area contributed by atoms with Crippen LogP contribution >= 0.6 is 0 Å². The van der Waals surface area contributed by atoms with E-state index in [4.69, 9.17) is 0 Å². The lowest BCUT2D eigenvalue weighted by Gasteiger charge is -2.37. The van der Waals surface area contributed by atoms with Gasteiger partial charge in [-0.15, -0.1) is 0 Å². The summed E-state index contributed by atoms with van der Waals surface area (Å²) in [6.45, 7) is 3.68. The Labute approximate surface area is 172 Å². The van der Waals surface area contributed by atoms with Crippen LogP contribution in [0.15, 0.2) is 58.4 Å². The van der Waals surface area contributed by atoms with Gasteiger partial charge in [-0.05, 0) is 36.2 Å². The Hall–Kier alpha value is -2.61. The maximum absolute atomic E-state index is 14.0. The van der Waals surface area contributed by atoms with Crippen LogP contribution in [0.2, 0.25) is 0 Å². The summed E-state index contributed by atoms with van der Waals surface area (Å²) in [5.74, 6) is 0.635. The number of benzene rings is 2. The molecule has 0 saturated carbocycles. The molecule has 156 valence electrons. The zero-order valence-electron chi connectivity index (χ0n) is 16.8. The van der Waals surface area contributed by atoms with Gasteiger partial charge in [0.15, 0.2) is 15.8 Å². The minimum absolute atomic E-state index is 0.189. The number of aliphatic imine (C=N–C) groups is 1. The fraction of sp³-hybridized carbons (Fsp3) is 0.381. The van der Waals surface area contributed by atoms with Crippen LogP contribution in [0.4, 0.5) is 10.1 Å². The van der Waals surface area contributed by atoms with Crippen LogP contribution in [0, 0.1) is 5.82 Å². The van der Waals surface area contributed by atoms with E-state index in [1.54, 1.807) is 25.2 Å². The van der Waals surface area contributed by atoms with Crippen molar-refractivity contribution in [2.75, 3.05) is 50.9 Å². The van der Waals surface area contributed by atoms with Crippen LogP contribution in [-0.4, -0.2) is 65.3 Å². The molecule has 1 aliphatic heterocycles. The second-order valence-electron chi connectivity index (χ2n) is 7.07. The zero-order chi connectivity index (χ0) is 20.9. The average molecular weight is 419 g/mol. The molecule has 6 nitrogen and oxygen atoms in total. The van der Waals surface area contributed by atoms with Crippen molar-refractivity contribution in [3.63, 3.8) is 0 Å². The second-order valence-corrected chi connectivity index (χ2v) is 9.08. The maximum atomic E-state index is 14.0. The van der Waals surface area contributed by atoms with Gasteiger partial charge in [-0.1, -0.05) is 24.3 Å². The standard InChI is InChI=1S/C21H27FN4O2S/c1-23-21(24-12-11-17-7-9-18(10-8-17)29(2,27)28)26-15-13-25(14-16-26)20-6-4-3-5-19(20)22/h3-10H,11-16H2,1-2H3,(H,23,24).